The molecule has 1 saturated carbocycles. The highest BCUT2D eigenvalue weighted by atomic mass is 32.2. The Balaban J connectivity index is 1.48. The molecule has 1 amide bonds. The van der Waals surface area contributed by atoms with Crippen LogP contribution in [0.3, 0.4) is 0 Å². The summed E-state index contributed by atoms with van der Waals surface area (Å²) < 4.78 is 29.4. The SMILES string of the molecule is C[C@@H](NC(=O)CCc1nc2cc(S(=O)(=O)N3CCCCC3)ccc2n1C)C1CC1. The Labute approximate surface area is 172 Å². The first-order chi connectivity index (χ1) is 13.9. The summed E-state index contributed by atoms with van der Waals surface area (Å²) in [6, 6.07) is 5.39. The number of hydrogen-bond acceptors (Lipinski definition) is 4. The second-order valence-corrected chi connectivity index (χ2v) is 10.3. The van der Waals surface area contributed by atoms with Crippen molar-refractivity contribution < 1.29 is 13.2 Å². The van der Waals surface area contributed by atoms with E-state index in [1.807, 2.05) is 17.7 Å². The van der Waals surface area contributed by atoms with Gasteiger partial charge in [-0.25, -0.2) is 13.4 Å². The van der Waals surface area contributed by atoms with E-state index in [9.17, 15) is 13.2 Å². The maximum atomic E-state index is 12.9. The van der Waals surface area contributed by atoms with E-state index in [0.717, 1.165) is 30.6 Å². The van der Waals surface area contributed by atoms with Gasteiger partial charge in [-0.1, -0.05) is 6.42 Å². The molecule has 0 bridgehead atoms. The van der Waals surface area contributed by atoms with Gasteiger partial charge in [-0.05, 0) is 56.7 Å². The Hall–Kier alpha value is -1.93. The van der Waals surface area contributed by atoms with Gasteiger partial charge in [0.1, 0.15) is 5.82 Å². The van der Waals surface area contributed by atoms with Crippen molar-refractivity contribution in [2.24, 2.45) is 13.0 Å². The van der Waals surface area contributed by atoms with Crippen LogP contribution in [0.15, 0.2) is 23.1 Å². The zero-order chi connectivity index (χ0) is 20.6. The minimum absolute atomic E-state index is 0.0461. The van der Waals surface area contributed by atoms with E-state index in [1.54, 1.807) is 16.4 Å². The third kappa shape index (κ3) is 4.33. The number of benzene rings is 1. The number of aryl methyl sites for hydroxylation is 2. The Bertz CT molecular complexity index is 1000. The van der Waals surface area contributed by atoms with Crippen LogP contribution in [0, 0.1) is 5.92 Å². The monoisotopic (exact) mass is 418 g/mol. The number of piperidine rings is 1. The van der Waals surface area contributed by atoms with Crippen molar-refractivity contribution in [2.45, 2.75) is 62.8 Å². The van der Waals surface area contributed by atoms with Gasteiger partial charge in [0.25, 0.3) is 0 Å². The lowest BCUT2D eigenvalue weighted by atomic mass is 10.2. The average Bonchev–Trinajstić information content (AvgIpc) is 3.52. The molecule has 1 aliphatic heterocycles. The fourth-order valence-corrected chi connectivity index (χ4v) is 5.67. The molecule has 1 saturated heterocycles. The average molecular weight is 419 g/mol. The second-order valence-electron chi connectivity index (χ2n) is 8.40. The Morgan fingerprint density at radius 1 is 1.24 bits per heavy atom. The minimum atomic E-state index is -3.48. The summed E-state index contributed by atoms with van der Waals surface area (Å²) >= 11 is 0. The van der Waals surface area contributed by atoms with Crippen LogP contribution >= 0.6 is 0 Å². The van der Waals surface area contributed by atoms with Gasteiger partial charge in [-0.2, -0.15) is 4.31 Å². The molecule has 2 aromatic rings. The van der Waals surface area contributed by atoms with Crippen molar-refractivity contribution in [3.05, 3.63) is 24.0 Å². The number of sulfonamides is 1. The highest BCUT2D eigenvalue weighted by Crippen LogP contribution is 2.32. The van der Waals surface area contributed by atoms with Crippen molar-refractivity contribution in [3.63, 3.8) is 0 Å². The molecule has 1 aliphatic carbocycles. The van der Waals surface area contributed by atoms with E-state index in [2.05, 4.69) is 17.2 Å². The number of nitrogens with zero attached hydrogens (tertiary/aromatic N) is 3. The van der Waals surface area contributed by atoms with Gasteiger partial charge in [0.05, 0.1) is 15.9 Å². The number of amides is 1. The number of carbonyl (C=O) groups excluding carboxylic acids is 1. The lowest BCUT2D eigenvalue weighted by Crippen LogP contribution is -2.35. The third-order valence-electron chi connectivity index (χ3n) is 6.19. The summed E-state index contributed by atoms with van der Waals surface area (Å²) in [6.45, 7) is 3.24. The molecule has 2 fully saturated rings. The van der Waals surface area contributed by atoms with Crippen LogP contribution in [0.25, 0.3) is 11.0 Å². The predicted molar refractivity (Wildman–Crippen MR) is 112 cm³/mol. The summed E-state index contributed by atoms with van der Waals surface area (Å²) in [5, 5.41) is 3.07. The Morgan fingerprint density at radius 2 is 1.97 bits per heavy atom. The van der Waals surface area contributed by atoms with E-state index < -0.39 is 10.0 Å². The topological polar surface area (TPSA) is 84.3 Å². The van der Waals surface area contributed by atoms with Gasteiger partial charge in [0.2, 0.25) is 15.9 Å². The van der Waals surface area contributed by atoms with Crippen LogP contribution in [-0.4, -0.2) is 47.3 Å². The van der Waals surface area contributed by atoms with Gasteiger partial charge in [-0.15, -0.1) is 0 Å². The molecule has 7 nitrogen and oxygen atoms in total. The number of aromatic nitrogens is 2. The Morgan fingerprint density at radius 3 is 2.66 bits per heavy atom. The standard InChI is InChI=1S/C21H30N4O3S/c1-15(16-6-7-16)22-21(26)11-10-20-23-18-14-17(8-9-19(18)24(20)2)29(27,28)25-12-4-3-5-13-25/h8-9,14-16H,3-7,10-13H2,1-2H3,(H,22,26)/t15-/m1/s1. The molecular formula is C21H30N4O3S. The first-order valence-electron chi connectivity index (χ1n) is 10.6. The third-order valence-corrected chi connectivity index (χ3v) is 8.09. The van der Waals surface area contributed by atoms with Crippen LogP contribution in [0.5, 0.6) is 0 Å². The van der Waals surface area contributed by atoms with Gasteiger partial charge >= 0.3 is 0 Å². The molecule has 158 valence electrons. The molecule has 1 aromatic carbocycles. The van der Waals surface area contributed by atoms with Crippen LogP contribution in [0.1, 0.15) is 51.3 Å². The molecule has 2 heterocycles. The highest BCUT2D eigenvalue weighted by Gasteiger charge is 2.29. The number of nitrogens with one attached hydrogen (secondary N) is 1. The van der Waals surface area contributed by atoms with Crippen LogP contribution < -0.4 is 5.32 Å². The molecule has 0 radical (unpaired) electrons. The fraction of sp³-hybridized carbons (Fsp3) is 0.619. The Kier molecular flexibility index (Phi) is 5.66. The summed E-state index contributed by atoms with van der Waals surface area (Å²) in [5.41, 5.74) is 1.54. The number of hydrogen-bond donors (Lipinski definition) is 1. The number of fused-ring (bicyclic) bond motifs is 1. The molecule has 0 spiro atoms. The van der Waals surface area contributed by atoms with Crippen LogP contribution in [0.4, 0.5) is 0 Å². The molecule has 1 N–H and O–H groups in total. The van der Waals surface area contributed by atoms with E-state index in [-0.39, 0.29) is 11.9 Å². The number of rotatable bonds is 7. The van der Waals surface area contributed by atoms with E-state index in [1.165, 1.54) is 12.8 Å². The molecule has 2 aliphatic rings. The van der Waals surface area contributed by atoms with E-state index in [4.69, 9.17) is 0 Å². The summed E-state index contributed by atoms with van der Waals surface area (Å²) in [7, 11) is -1.57. The predicted octanol–water partition coefficient (Wildman–Crippen LogP) is 2.60. The zero-order valence-corrected chi connectivity index (χ0v) is 18.0. The van der Waals surface area contributed by atoms with Crippen molar-refractivity contribution in [2.75, 3.05) is 13.1 Å². The molecule has 8 heteroatoms. The zero-order valence-electron chi connectivity index (χ0n) is 17.2. The van der Waals surface area contributed by atoms with Crippen molar-refractivity contribution in [1.29, 1.82) is 0 Å². The smallest absolute Gasteiger partial charge is 0.243 e. The molecule has 4 rings (SSSR count). The first kappa shape index (κ1) is 20.3. The minimum Gasteiger partial charge on any atom is -0.353 e. The second kappa shape index (κ2) is 8.07. The van der Waals surface area contributed by atoms with Crippen LogP contribution in [-0.2, 0) is 28.3 Å². The van der Waals surface area contributed by atoms with Gasteiger partial charge < -0.3 is 9.88 Å². The van der Waals surface area contributed by atoms with Gasteiger partial charge in [-0.3, -0.25) is 4.79 Å². The van der Waals surface area contributed by atoms with Crippen molar-refractivity contribution in [1.82, 2.24) is 19.2 Å². The maximum absolute atomic E-state index is 12.9. The lowest BCUT2D eigenvalue weighted by Gasteiger charge is -2.25. The summed E-state index contributed by atoms with van der Waals surface area (Å²) in [5.74, 6) is 1.47. The van der Waals surface area contributed by atoms with Crippen LogP contribution in [0.2, 0.25) is 0 Å². The lowest BCUT2D eigenvalue weighted by molar-refractivity contribution is -0.121. The van der Waals surface area contributed by atoms with Gasteiger partial charge in [0, 0.05) is 39.0 Å². The number of carbonyl (C=O) groups is 1. The quantitative estimate of drug-likeness (QED) is 0.749. The highest BCUT2D eigenvalue weighted by molar-refractivity contribution is 7.89. The largest absolute Gasteiger partial charge is 0.353 e. The molecule has 1 atom stereocenters. The van der Waals surface area contributed by atoms with E-state index >= 15 is 0 Å². The van der Waals surface area contributed by atoms with Crippen molar-refractivity contribution >= 4 is 27.0 Å². The van der Waals surface area contributed by atoms with Crippen molar-refractivity contribution in [3.8, 4) is 0 Å². The number of imidazole rings is 1. The molecule has 0 unspecified atom stereocenters. The molecular weight excluding hydrogens is 388 g/mol. The normalized spacial score (nSPS) is 19.4. The molecule has 1 aromatic heterocycles. The summed E-state index contributed by atoms with van der Waals surface area (Å²) in [4.78, 5) is 17.1. The first-order valence-corrected chi connectivity index (χ1v) is 12.0. The maximum Gasteiger partial charge on any atom is 0.243 e. The van der Waals surface area contributed by atoms with E-state index in [0.29, 0.717) is 42.3 Å². The summed E-state index contributed by atoms with van der Waals surface area (Å²) in [6.07, 6.45) is 6.23. The van der Waals surface area contributed by atoms with Gasteiger partial charge in [0.15, 0.2) is 0 Å². The fourth-order valence-electron chi connectivity index (χ4n) is 4.13. The molecule has 29 heavy (non-hydrogen) atoms.